The van der Waals surface area contributed by atoms with Crippen LogP contribution in [0.4, 0.5) is 0 Å². The molecule has 0 atom stereocenters. The highest BCUT2D eigenvalue weighted by Crippen LogP contribution is 1.97. The van der Waals surface area contributed by atoms with Gasteiger partial charge in [0.15, 0.2) is 0 Å². The summed E-state index contributed by atoms with van der Waals surface area (Å²) in [7, 11) is 1.63. The second-order valence-electron chi connectivity index (χ2n) is 4.42. The molecule has 114 valence electrons. The first-order valence-electron chi connectivity index (χ1n) is 6.03. The summed E-state index contributed by atoms with van der Waals surface area (Å²) in [5.74, 6) is -1.30. The van der Waals surface area contributed by atoms with E-state index in [9.17, 15) is 14.4 Å². The monoisotopic (exact) mass is 303 g/mol. The van der Waals surface area contributed by atoms with Crippen molar-refractivity contribution in [2.45, 2.75) is 12.8 Å². The van der Waals surface area contributed by atoms with Crippen LogP contribution < -0.4 is 17.2 Å². The molecule has 0 aliphatic heterocycles. The van der Waals surface area contributed by atoms with E-state index >= 15 is 0 Å². The predicted molar refractivity (Wildman–Crippen MR) is 78.5 cm³/mol. The quantitative estimate of drug-likeness (QED) is 0.391. The van der Waals surface area contributed by atoms with Gasteiger partial charge in [-0.25, -0.2) is 0 Å². The molecule has 0 radical (unpaired) electrons. The molecular weight excluding hydrogens is 282 g/mol. The zero-order chi connectivity index (χ0) is 15.7. The fraction of sp³-hybridized carbons (Fsp3) is 0.636. The van der Waals surface area contributed by atoms with Crippen LogP contribution in [0.3, 0.4) is 0 Å². The van der Waals surface area contributed by atoms with Crippen molar-refractivity contribution in [3.05, 3.63) is 0 Å². The van der Waals surface area contributed by atoms with Crippen LogP contribution in [-0.4, -0.2) is 65.7 Å². The van der Waals surface area contributed by atoms with E-state index in [1.165, 1.54) is 9.80 Å². The van der Waals surface area contributed by atoms with Crippen LogP contribution in [0.2, 0.25) is 0 Å². The van der Waals surface area contributed by atoms with Gasteiger partial charge in [-0.2, -0.15) is 0 Å². The van der Waals surface area contributed by atoms with E-state index < -0.39 is 11.8 Å². The number of hydrogen-bond acceptors (Lipinski definition) is 5. The Morgan fingerprint density at radius 1 is 0.950 bits per heavy atom. The fourth-order valence-electron chi connectivity index (χ4n) is 1.50. The maximum absolute atomic E-state index is 11.8. The molecule has 0 aromatic rings. The molecule has 9 heteroatoms. The molecule has 3 amide bonds. The highest BCUT2D eigenvalue weighted by atomic mass is 32.1. The molecule has 0 aliphatic carbocycles. The molecule has 0 heterocycles. The van der Waals surface area contributed by atoms with Gasteiger partial charge in [0.25, 0.3) is 0 Å². The second kappa shape index (κ2) is 9.21. The van der Waals surface area contributed by atoms with Gasteiger partial charge >= 0.3 is 0 Å². The van der Waals surface area contributed by atoms with E-state index in [0.29, 0.717) is 18.0 Å². The molecule has 8 nitrogen and oxygen atoms in total. The molecule has 6 N–H and O–H groups in total. The molecule has 0 saturated carbocycles. The van der Waals surface area contributed by atoms with Gasteiger partial charge in [0.2, 0.25) is 17.7 Å². The van der Waals surface area contributed by atoms with Crippen LogP contribution in [0.1, 0.15) is 12.8 Å². The fourth-order valence-corrected chi connectivity index (χ4v) is 1.59. The number of carbonyl (C=O) groups is 3. The van der Waals surface area contributed by atoms with Gasteiger partial charge in [-0.1, -0.05) is 12.2 Å². The van der Waals surface area contributed by atoms with Gasteiger partial charge in [-0.15, -0.1) is 0 Å². The Morgan fingerprint density at radius 2 is 1.45 bits per heavy atom. The van der Waals surface area contributed by atoms with Crippen LogP contribution in [0.25, 0.3) is 0 Å². The predicted octanol–water partition coefficient (Wildman–Crippen LogP) is -2.22. The average Bonchev–Trinajstić information content (AvgIpc) is 2.31. The number of carbonyl (C=O) groups excluding carboxylic acids is 3. The van der Waals surface area contributed by atoms with Gasteiger partial charge in [0.05, 0.1) is 18.1 Å². The lowest BCUT2D eigenvalue weighted by Gasteiger charge is -2.21. The SMILES string of the molecule is CN(CCC(N)=S)C(=O)CCN(CC(N)=O)CC(N)=O. The minimum atomic E-state index is -0.583. The van der Waals surface area contributed by atoms with Crippen molar-refractivity contribution in [1.29, 1.82) is 0 Å². The van der Waals surface area contributed by atoms with Gasteiger partial charge in [-0.05, 0) is 0 Å². The van der Waals surface area contributed by atoms with Gasteiger partial charge in [0, 0.05) is 33.0 Å². The van der Waals surface area contributed by atoms with Crippen LogP contribution in [0.5, 0.6) is 0 Å². The van der Waals surface area contributed by atoms with Crippen molar-refractivity contribution in [3.63, 3.8) is 0 Å². The first kappa shape index (κ1) is 18.3. The minimum Gasteiger partial charge on any atom is -0.393 e. The summed E-state index contributed by atoms with van der Waals surface area (Å²) in [5.41, 5.74) is 15.5. The van der Waals surface area contributed by atoms with E-state index in [4.69, 9.17) is 29.4 Å². The average molecular weight is 303 g/mol. The van der Waals surface area contributed by atoms with Crippen LogP contribution >= 0.6 is 12.2 Å². The Balaban J connectivity index is 4.24. The largest absolute Gasteiger partial charge is 0.393 e. The molecule has 0 bridgehead atoms. The van der Waals surface area contributed by atoms with E-state index in [1.807, 2.05) is 0 Å². The van der Waals surface area contributed by atoms with Crippen LogP contribution in [0.15, 0.2) is 0 Å². The molecule has 0 aliphatic rings. The molecule has 20 heavy (non-hydrogen) atoms. The number of hydrogen-bond donors (Lipinski definition) is 3. The highest BCUT2D eigenvalue weighted by Gasteiger charge is 2.15. The Bertz CT molecular complexity index is 372. The normalized spacial score (nSPS) is 10.3. The highest BCUT2D eigenvalue weighted by molar-refractivity contribution is 7.80. The summed E-state index contributed by atoms with van der Waals surface area (Å²) in [5, 5.41) is 0. The smallest absolute Gasteiger partial charge is 0.231 e. The molecule has 0 fully saturated rings. The first-order chi connectivity index (χ1) is 9.22. The van der Waals surface area contributed by atoms with Crippen molar-refractivity contribution >= 4 is 34.9 Å². The van der Waals surface area contributed by atoms with Crippen molar-refractivity contribution in [3.8, 4) is 0 Å². The van der Waals surface area contributed by atoms with Crippen molar-refractivity contribution < 1.29 is 14.4 Å². The Hall–Kier alpha value is -1.74. The summed E-state index contributed by atoms with van der Waals surface area (Å²) in [6, 6.07) is 0. The maximum Gasteiger partial charge on any atom is 0.231 e. The lowest BCUT2D eigenvalue weighted by atomic mass is 10.3. The molecule has 0 rings (SSSR count). The molecule has 0 saturated heterocycles. The topological polar surface area (TPSA) is 136 Å². The summed E-state index contributed by atoms with van der Waals surface area (Å²) in [4.78, 5) is 36.8. The molecule has 0 aromatic heterocycles. The molecular formula is C11H21N5O3S. The number of nitrogens with two attached hydrogens (primary N) is 3. The second-order valence-corrected chi connectivity index (χ2v) is 4.95. The Labute approximate surface area is 123 Å². The maximum atomic E-state index is 11.8. The zero-order valence-corrected chi connectivity index (χ0v) is 12.3. The molecule has 0 unspecified atom stereocenters. The Morgan fingerprint density at radius 3 is 1.85 bits per heavy atom. The van der Waals surface area contributed by atoms with Gasteiger partial charge in [0.1, 0.15) is 0 Å². The van der Waals surface area contributed by atoms with E-state index in [1.54, 1.807) is 7.05 Å². The zero-order valence-electron chi connectivity index (χ0n) is 11.5. The lowest BCUT2D eigenvalue weighted by Crippen LogP contribution is -2.41. The third-order valence-corrected chi connectivity index (χ3v) is 2.72. The standard InChI is InChI=1S/C11H21N5O3S/c1-15(4-2-10(14)20)11(19)3-5-16(6-8(12)17)7-9(13)18/h2-7H2,1H3,(H2,12,17)(H2,13,18)(H2,14,20). The Kier molecular flexibility index (Phi) is 8.41. The number of primary amides is 2. The van der Waals surface area contributed by atoms with Crippen LogP contribution in [-0.2, 0) is 14.4 Å². The number of rotatable bonds is 10. The van der Waals surface area contributed by atoms with Crippen molar-refractivity contribution in [2.75, 3.05) is 33.2 Å². The van der Waals surface area contributed by atoms with Crippen LogP contribution in [0, 0.1) is 0 Å². The molecule has 0 spiro atoms. The third-order valence-electron chi connectivity index (χ3n) is 2.52. The number of nitrogens with zero attached hydrogens (tertiary/aromatic N) is 2. The van der Waals surface area contributed by atoms with Gasteiger partial charge < -0.3 is 22.1 Å². The third kappa shape index (κ3) is 9.22. The minimum absolute atomic E-state index is 0.118. The van der Waals surface area contributed by atoms with Crippen molar-refractivity contribution in [1.82, 2.24) is 9.80 Å². The summed E-state index contributed by atoms with van der Waals surface area (Å²) >= 11 is 4.73. The van der Waals surface area contributed by atoms with E-state index in [2.05, 4.69) is 0 Å². The first-order valence-corrected chi connectivity index (χ1v) is 6.44. The summed E-state index contributed by atoms with van der Waals surface area (Å²) < 4.78 is 0. The lowest BCUT2D eigenvalue weighted by molar-refractivity contribution is -0.131. The number of amides is 3. The number of thiocarbonyl (C=S) groups is 1. The summed E-state index contributed by atoms with van der Waals surface area (Å²) in [6.07, 6.45) is 0.595. The molecule has 0 aromatic carbocycles. The van der Waals surface area contributed by atoms with Crippen molar-refractivity contribution in [2.24, 2.45) is 17.2 Å². The summed E-state index contributed by atoms with van der Waals surface area (Å²) in [6.45, 7) is 0.418. The van der Waals surface area contributed by atoms with E-state index in [0.717, 1.165) is 0 Å². The van der Waals surface area contributed by atoms with Gasteiger partial charge in [-0.3, -0.25) is 19.3 Å². The van der Waals surface area contributed by atoms with E-state index in [-0.39, 0.29) is 32.0 Å².